The van der Waals surface area contributed by atoms with E-state index in [0.29, 0.717) is 19.4 Å². The predicted molar refractivity (Wildman–Crippen MR) is 110 cm³/mol. The number of aliphatic carboxylic acids is 1. The summed E-state index contributed by atoms with van der Waals surface area (Å²) in [4.78, 5) is 48.9. The van der Waals surface area contributed by atoms with E-state index in [4.69, 9.17) is 9.84 Å². The van der Waals surface area contributed by atoms with Crippen LogP contribution >= 0.6 is 12.6 Å². The van der Waals surface area contributed by atoms with Gasteiger partial charge in [-0.05, 0) is 45.8 Å². The van der Waals surface area contributed by atoms with E-state index in [0.717, 1.165) is 25.0 Å². The average molecular weight is 418 g/mol. The summed E-state index contributed by atoms with van der Waals surface area (Å²) in [6.45, 7) is 5.65. The summed E-state index contributed by atoms with van der Waals surface area (Å²) in [7, 11) is 1.56. The van der Waals surface area contributed by atoms with Crippen LogP contribution in [0.3, 0.4) is 0 Å². The summed E-state index contributed by atoms with van der Waals surface area (Å²) in [5.41, 5.74) is -0.557. The first-order valence-corrected chi connectivity index (χ1v) is 10.4. The first-order valence-electron chi connectivity index (χ1n) is 9.77. The Kier molecular flexibility index (Phi) is 12.8. The van der Waals surface area contributed by atoms with Crippen molar-refractivity contribution < 1.29 is 29.0 Å². The summed E-state index contributed by atoms with van der Waals surface area (Å²) < 4.78 is 5.22. The van der Waals surface area contributed by atoms with Crippen molar-refractivity contribution in [1.29, 1.82) is 0 Å². The number of hydrogen-bond acceptors (Lipinski definition) is 6. The number of carboxylic acids is 1. The first-order chi connectivity index (χ1) is 13.0. The number of carboxylic acid groups (broad SMARTS) is 1. The minimum atomic E-state index is -1.11. The fraction of sp³-hybridized carbons (Fsp3) is 0.800. The second-order valence-electron chi connectivity index (χ2n) is 8.02. The number of thiol groups is 1. The Bertz CT molecular complexity index is 529. The van der Waals surface area contributed by atoms with Crippen LogP contribution in [-0.4, -0.2) is 58.6 Å². The smallest absolute Gasteiger partial charge is 0.306 e. The molecule has 0 aliphatic heterocycles. The molecule has 28 heavy (non-hydrogen) atoms. The highest BCUT2D eigenvalue weighted by Gasteiger charge is 2.27. The van der Waals surface area contributed by atoms with Gasteiger partial charge in [0.15, 0.2) is 0 Å². The van der Waals surface area contributed by atoms with Crippen molar-refractivity contribution >= 4 is 36.3 Å². The van der Waals surface area contributed by atoms with Crippen molar-refractivity contribution in [2.24, 2.45) is 5.92 Å². The SMILES string of the molecule is CN(CCCC(=O)OC(C)(C)C)C(=O)[C@H](CC(=O)O)CC(=O)CCCCCS. The number of carbonyl (C=O) groups is 4. The quantitative estimate of drug-likeness (QED) is 0.256. The number of esters is 1. The van der Waals surface area contributed by atoms with E-state index in [1.807, 2.05) is 0 Å². The van der Waals surface area contributed by atoms with Gasteiger partial charge in [-0.2, -0.15) is 12.6 Å². The highest BCUT2D eigenvalue weighted by atomic mass is 32.1. The predicted octanol–water partition coefficient (Wildman–Crippen LogP) is 3.11. The molecule has 0 bridgehead atoms. The van der Waals surface area contributed by atoms with Crippen molar-refractivity contribution in [2.75, 3.05) is 19.3 Å². The minimum absolute atomic E-state index is 0.0670. The lowest BCUT2D eigenvalue weighted by Gasteiger charge is -2.23. The molecular weight excluding hydrogens is 382 g/mol. The van der Waals surface area contributed by atoms with E-state index < -0.39 is 17.5 Å². The standard InChI is InChI=1S/C20H35NO6S/c1-20(2,3)27-18(25)10-8-11-21(4)19(26)15(14-17(23)24)13-16(22)9-6-5-7-12-28/h15,28H,5-14H2,1-4H3,(H,23,24)/t15-/m0/s1. The summed E-state index contributed by atoms with van der Waals surface area (Å²) in [5, 5.41) is 9.08. The average Bonchev–Trinajstić information content (AvgIpc) is 2.55. The van der Waals surface area contributed by atoms with Gasteiger partial charge in [0.25, 0.3) is 0 Å². The Morgan fingerprint density at radius 1 is 1.00 bits per heavy atom. The maximum atomic E-state index is 12.6. The number of amides is 1. The number of hydrogen-bond donors (Lipinski definition) is 2. The highest BCUT2D eigenvalue weighted by Crippen LogP contribution is 2.16. The zero-order valence-electron chi connectivity index (χ0n) is 17.5. The molecule has 7 nitrogen and oxygen atoms in total. The van der Waals surface area contributed by atoms with Crippen LogP contribution in [0, 0.1) is 5.92 Å². The Morgan fingerprint density at radius 2 is 1.64 bits per heavy atom. The third-order valence-corrected chi connectivity index (χ3v) is 4.34. The Labute approximate surface area is 173 Å². The van der Waals surface area contributed by atoms with Crippen molar-refractivity contribution in [3.05, 3.63) is 0 Å². The van der Waals surface area contributed by atoms with Gasteiger partial charge < -0.3 is 14.7 Å². The van der Waals surface area contributed by atoms with Gasteiger partial charge in [0.05, 0.1) is 12.3 Å². The number of ether oxygens (including phenoxy) is 1. The second-order valence-corrected chi connectivity index (χ2v) is 8.47. The lowest BCUT2D eigenvalue weighted by atomic mass is 9.95. The normalized spacial score (nSPS) is 12.3. The molecule has 0 rings (SSSR count). The molecule has 0 aliphatic rings. The molecule has 0 unspecified atom stereocenters. The highest BCUT2D eigenvalue weighted by molar-refractivity contribution is 7.80. The van der Waals surface area contributed by atoms with Gasteiger partial charge in [0.1, 0.15) is 11.4 Å². The lowest BCUT2D eigenvalue weighted by molar-refractivity contribution is -0.155. The molecule has 0 heterocycles. The Hall–Kier alpha value is -1.57. The molecule has 8 heteroatoms. The molecule has 1 amide bonds. The van der Waals surface area contributed by atoms with Gasteiger partial charge in [-0.15, -0.1) is 0 Å². The van der Waals surface area contributed by atoms with Crippen molar-refractivity contribution in [3.8, 4) is 0 Å². The minimum Gasteiger partial charge on any atom is -0.481 e. The summed E-state index contributed by atoms with van der Waals surface area (Å²) in [6, 6.07) is 0. The summed E-state index contributed by atoms with van der Waals surface area (Å²) >= 11 is 4.12. The van der Waals surface area contributed by atoms with Crippen LogP contribution < -0.4 is 0 Å². The second kappa shape index (κ2) is 13.6. The summed E-state index contributed by atoms with van der Waals surface area (Å²) in [6.07, 6.45) is 3.02. The largest absolute Gasteiger partial charge is 0.481 e. The molecule has 1 N–H and O–H groups in total. The van der Waals surface area contributed by atoms with Gasteiger partial charge >= 0.3 is 11.9 Å². The molecule has 162 valence electrons. The zero-order valence-corrected chi connectivity index (χ0v) is 18.4. The number of ketones is 1. The molecule has 0 radical (unpaired) electrons. The molecule has 0 fully saturated rings. The van der Waals surface area contributed by atoms with Crippen LogP contribution in [-0.2, 0) is 23.9 Å². The van der Waals surface area contributed by atoms with Crippen molar-refractivity contribution in [3.63, 3.8) is 0 Å². The zero-order chi connectivity index (χ0) is 21.7. The van der Waals surface area contributed by atoms with E-state index in [1.165, 1.54) is 4.90 Å². The van der Waals surface area contributed by atoms with Crippen molar-refractivity contribution in [1.82, 2.24) is 4.90 Å². The third kappa shape index (κ3) is 13.6. The molecule has 0 saturated heterocycles. The Balaban J connectivity index is 4.54. The maximum Gasteiger partial charge on any atom is 0.306 e. The third-order valence-electron chi connectivity index (χ3n) is 4.03. The molecule has 0 spiro atoms. The van der Waals surface area contributed by atoms with Crippen LogP contribution in [0.15, 0.2) is 0 Å². The molecule has 0 aromatic carbocycles. The van der Waals surface area contributed by atoms with Crippen LogP contribution in [0.2, 0.25) is 0 Å². The van der Waals surface area contributed by atoms with Crippen LogP contribution in [0.4, 0.5) is 0 Å². The molecule has 0 saturated carbocycles. The van der Waals surface area contributed by atoms with E-state index in [1.54, 1.807) is 27.8 Å². The lowest BCUT2D eigenvalue weighted by Crippen LogP contribution is -2.36. The van der Waals surface area contributed by atoms with Crippen LogP contribution in [0.1, 0.15) is 72.1 Å². The fourth-order valence-electron chi connectivity index (χ4n) is 2.72. The molecule has 1 atom stereocenters. The monoisotopic (exact) mass is 417 g/mol. The van der Waals surface area contributed by atoms with Crippen LogP contribution in [0.25, 0.3) is 0 Å². The molecule has 0 aromatic heterocycles. The molecule has 0 aliphatic carbocycles. The van der Waals surface area contributed by atoms with E-state index in [-0.39, 0.29) is 36.9 Å². The topological polar surface area (TPSA) is 101 Å². The number of unbranched alkanes of at least 4 members (excludes halogenated alkanes) is 2. The van der Waals surface area contributed by atoms with E-state index in [2.05, 4.69) is 12.6 Å². The Morgan fingerprint density at radius 3 is 2.18 bits per heavy atom. The van der Waals surface area contributed by atoms with Gasteiger partial charge in [0, 0.05) is 32.9 Å². The van der Waals surface area contributed by atoms with Gasteiger partial charge in [0.2, 0.25) is 5.91 Å². The molecular formula is C20H35NO6S. The number of rotatable bonds is 14. The maximum absolute atomic E-state index is 12.6. The molecule has 0 aromatic rings. The first kappa shape index (κ1) is 26.4. The van der Waals surface area contributed by atoms with Gasteiger partial charge in [-0.25, -0.2) is 0 Å². The van der Waals surface area contributed by atoms with Gasteiger partial charge in [-0.1, -0.05) is 6.42 Å². The summed E-state index contributed by atoms with van der Waals surface area (Å²) in [5.74, 6) is -2.03. The fourth-order valence-corrected chi connectivity index (χ4v) is 2.94. The van der Waals surface area contributed by atoms with E-state index in [9.17, 15) is 19.2 Å². The van der Waals surface area contributed by atoms with Gasteiger partial charge in [-0.3, -0.25) is 19.2 Å². The number of carbonyl (C=O) groups excluding carboxylic acids is 3. The van der Waals surface area contributed by atoms with Crippen LogP contribution in [0.5, 0.6) is 0 Å². The number of Topliss-reactive ketones (excluding diaryl/α,β-unsaturated/α-hetero) is 1. The van der Waals surface area contributed by atoms with E-state index >= 15 is 0 Å². The number of nitrogens with zero attached hydrogens (tertiary/aromatic N) is 1. The van der Waals surface area contributed by atoms with Crippen molar-refractivity contribution in [2.45, 2.75) is 77.7 Å².